The van der Waals surface area contributed by atoms with E-state index in [-0.39, 0.29) is 36.2 Å². The molecule has 0 saturated carbocycles. The molecule has 2 heterocycles. The lowest BCUT2D eigenvalue weighted by molar-refractivity contribution is -0.676. The molecular weight excluding hydrogens is 725 g/mol. The highest BCUT2D eigenvalue weighted by Crippen LogP contribution is 2.42. The number of nitrogens with zero attached hydrogens (tertiary/aromatic N) is 6. The number of carbonyl (C=O) groups is 2. The molecule has 54 heavy (non-hydrogen) atoms. The second-order valence-electron chi connectivity index (χ2n) is 12.5. The summed E-state index contributed by atoms with van der Waals surface area (Å²) in [5.74, 6) is -2.38. The Morgan fingerprint density at radius 1 is 1.11 bits per heavy atom. The molecule has 3 aromatic carbocycles. The van der Waals surface area contributed by atoms with Crippen LogP contribution in [0.15, 0.2) is 66.3 Å². The second kappa shape index (κ2) is 16.8. The maximum atomic E-state index is 15.4. The summed E-state index contributed by atoms with van der Waals surface area (Å²) in [6.45, 7) is 1.07. The van der Waals surface area contributed by atoms with Gasteiger partial charge in [0.1, 0.15) is 30.4 Å². The first-order valence-electron chi connectivity index (χ1n) is 16.4. The fourth-order valence-corrected chi connectivity index (χ4v) is 6.50. The van der Waals surface area contributed by atoms with E-state index in [4.69, 9.17) is 24.2 Å². The third-order valence-electron chi connectivity index (χ3n) is 8.40. The summed E-state index contributed by atoms with van der Waals surface area (Å²) >= 11 is 1.22. The standard InChI is InChI=1S/C37H37F2N7O7S/c1-22(34-41-30(19-54-34)24-9-7-23(16-40)8-10-24)37(49,27-14-26(38)11-12-28(27)39)20-46-21-45(4)35(43-46)53-36(48)42-29-15-32(51-6)31(50-5)13-25(29)18-52-33(47)17-44(2)3/h7-15,19,21-22,49H,17-18,20H2,1-6H3/p+1/t22-,37+/m0/s1. The minimum absolute atomic E-state index is 0.0421. The van der Waals surface area contributed by atoms with Crippen LogP contribution >= 0.6 is 11.3 Å². The molecule has 0 saturated heterocycles. The smallest absolute Gasteiger partial charge is 0.476 e. The molecule has 1 amide bonds. The van der Waals surface area contributed by atoms with Crippen molar-refractivity contribution in [3.8, 4) is 34.8 Å². The van der Waals surface area contributed by atoms with Crippen LogP contribution in [-0.4, -0.2) is 71.7 Å². The molecule has 0 unspecified atom stereocenters. The Morgan fingerprint density at radius 3 is 2.48 bits per heavy atom. The zero-order valence-corrected chi connectivity index (χ0v) is 31.1. The number of methoxy groups -OCH3 is 2. The number of carbonyl (C=O) groups excluding carboxylic acids is 2. The number of anilines is 1. The molecule has 2 atom stereocenters. The van der Waals surface area contributed by atoms with E-state index in [0.29, 0.717) is 27.6 Å². The Kier molecular flexibility index (Phi) is 12.2. The van der Waals surface area contributed by atoms with Gasteiger partial charge in [0.2, 0.25) is 6.33 Å². The summed E-state index contributed by atoms with van der Waals surface area (Å²) in [4.78, 5) is 31.8. The molecule has 2 aromatic heterocycles. The van der Waals surface area contributed by atoms with Crippen LogP contribution in [0.5, 0.6) is 17.5 Å². The number of aromatic nitrogens is 4. The number of aliphatic hydroxyl groups is 1. The number of benzene rings is 3. The Balaban J connectivity index is 1.40. The van der Waals surface area contributed by atoms with Gasteiger partial charge in [-0.1, -0.05) is 19.1 Å². The number of nitrogens with one attached hydrogen (secondary N) is 1. The number of nitriles is 1. The number of halogens is 2. The van der Waals surface area contributed by atoms with Crippen LogP contribution in [-0.2, 0) is 35.3 Å². The number of hydrogen-bond donors (Lipinski definition) is 2. The maximum Gasteiger partial charge on any atom is 0.476 e. The summed E-state index contributed by atoms with van der Waals surface area (Å²) < 4.78 is 54.2. The van der Waals surface area contributed by atoms with E-state index in [1.807, 2.05) is 0 Å². The van der Waals surface area contributed by atoms with Gasteiger partial charge in [-0.05, 0) is 50.5 Å². The molecule has 0 bridgehead atoms. The Bertz CT molecular complexity index is 2190. The predicted octanol–water partition coefficient (Wildman–Crippen LogP) is 4.91. The van der Waals surface area contributed by atoms with Crippen LogP contribution < -0.4 is 24.1 Å². The number of ether oxygens (including phenoxy) is 4. The molecule has 17 heteroatoms. The molecule has 14 nitrogen and oxygen atoms in total. The van der Waals surface area contributed by atoms with E-state index in [1.54, 1.807) is 61.6 Å². The van der Waals surface area contributed by atoms with Crippen molar-refractivity contribution in [2.75, 3.05) is 40.2 Å². The lowest BCUT2D eigenvalue weighted by Gasteiger charge is -2.32. The third-order valence-corrected chi connectivity index (χ3v) is 9.43. The number of rotatable bonds is 14. The van der Waals surface area contributed by atoms with Gasteiger partial charge in [-0.25, -0.2) is 23.1 Å². The minimum Gasteiger partial charge on any atom is -0.493 e. The van der Waals surface area contributed by atoms with E-state index in [2.05, 4.69) is 21.5 Å². The van der Waals surface area contributed by atoms with Gasteiger partial charge in [0.05, 0.1) is 60.9 Å². The normalized spacial score (nSPS) is 12.8. The van der Waals surface area contributed by atoms with Gasteiger partial charge in [0.25, 0.3) is 0 Å². The van der Waals surface area contributed by atoms with Gasteiger partial charge in [0.15, 0.2) is 11.5 Å². The Morgan fingerprint density at radius 2 is 1.81 bits per heavy atom. The van der Waals surface area contributed by atoms with Gasteiger partial charge >= 0.3 is 18.1 Å². The third kappa shape index (κ3) is 8.97. The summed E-state index contributed by atoms with van der Waals surface area (Å²) in [5, 5.41) is 30.6. The molecule has 5 rings (SSSR count). The lowest BCUT2D eigenvalue weighted by atomic mass is 9.82. The lowest BCUT2D eigenvalue weighted by Crippen LogP contribution is -2.38. The van der Waals surface area contributed by atoms with Crippen LogP contribution in [0.4, 0.5) is 19.3 Å². The quantitative estimate of drug-likeness (QED) is 0.117. The predicted molar refractivity (Wildman–Crippen MR) is 192 cm³/mol. The average molecular weight is 763 g/mol. The highest BCUT2D eigenvalue weighted by Gasteiger charge is 2.44. The fourth-order valence-electron chi connectivity index (χ4n) is 5.53. The van der Waals surface area contributed by atoms with Crippen molar-refractivity contribution in [3.63, 3.8) is 0 Å². The highest BCUT2D eigenvalue weighted by molar-refractivity contribution is 7.10. The van der Waals surface area contributed by atoms with Crippen LogP contribution in [0.3, 0.4) is 0 Å². The Labute approximate surface area is 313 Å². The van der Waals surface area contributed by atoms with E-state index in [0.717, 1.165) is 23.8 Å². The van der Waals surface area contributed by atoms with E-state index >= 15 is 4.39 Å². The summed E-state index contributed by atoms with van der Waals surface area (Å²) in [5.41, 5.74) is -0.0629. The number of amides is 1. The zero-order valence-electron chi connectivity index (χ0n) is 30.3. The number of likely N-dealkylation sites (N-methyl/N-ethyl adjacent to an activating group) is 1. The van der Waals surface area contributed by atoms with Crippen LogP contribution in [0.25, 0.3) is 11.3 Å². The monoisotopic (exact) mass is 762 g/mol. The first kappa shape index (κ1) is 39.3. The molecule has 0 spiro atoms. The molecule has 0 fully saturated rings. The molecule has 0 aliphatic carbocycles. The van der Waals surface area contributed by atoms with Crippen molar-refractivity contribution >= 4 is 29.1 Å². The van der Waals surface area contributed by atoms with Crippen molar-refractivity contribution < 1.29 is 47.0 Å². The Hall–Kier alpha value is -5.96. The zero-order chi connectivity index (χ0) is 39.2. The van der Waals surface area contributed by atoms with E-state index in [9.17, 15) is 19.1 Å². The van der Waals surface area contributed by atoms with Crippen molar-refractivity contribution in [3.05, 3.63) is 99.6 Å². The number of thiazole rings is 1. The van der Waals surface area contributed by atoms with Gasteiger partial charge in [-0.3, -0.25) is 15.0 Å². The second-order valence-corrected chi connectivity index (χ2v) is 13.4. The number of hydrogen-bond acceptors (Lipinski definition) is 12. The van der Waals surface area contributed by atoms with E-state index < -0.39 is 41.8 Å². The van der Waals surface area contributed by atoms with Crippen LogP contribution in [0.2, 0.25) is 0 Å². The first-order chi connectivity index (χ1) is 25.7. The number of aryl methyl sites for hydroxylation is 1. The largest absolute Gasteiger partial charge is 0.493 e. The molecule has 2 N–H and O–H groups in total. The summed E-state index contributed by atoms with van der Waals surface area (Å²) in [6.07, 6.45) is 0.440. The minimum atomic E-state index is -2.11. The van der Waals surface area contributed by atoms with Crippen molar-refractivity contribution in [1.29, 1.82) is 5.26 Å². The summed E-state index contributed by atoms with van der Waals surface area (Å²) in [6, 6.07) is 14.5. The molecule has 0 radical (unpaired) electrons. The fraction of sp³-hybridized carbons (Fsp3) is 0.297. The van der Waals surface area contributed by atoms with Gasteiger partial charge < -0.3 is 24.1 Å². The molecule has 0 aliphatic rings. The van der Waals surface area contributed by atoms with Crippen molar-refractivity contribution in [1.82, 2.24) is 19.7 Å². The van der Waals surface area contributed by atoms with Gasteiger partial charge in [-0.15, -0.1) is 16.0 Å². The van der Waals surface area contributed by atoms with Crippen LogP contribution in [0, 0.1) is 23.0 Å². The molecule has 0 aliphatic heterocycles. The highest BCUT2D eigenvalue weighted by atomic mass is 32.1. The van der Waals surface area contributed by atoms with Gasteiger partial charge in [-0.2, -0.15) is 5.26 Å². The molecule has 5 aromatic rings. The topological polar surface area (TPSA) is 165 Å². The maximum absolute atomic E-state index is 15.4. The molecule has 282 valence electrons. The molecular formula is C37H38F2N7O7S+. The number of esters is 1. The van der Waals surface area contributed by atoms with Crippen LogP contribution in [0.1, 0.15) is 34.5 Å². The SMILES string of the molecule is COc1cc(COC(=O)CN(C)C)c(NC(=O)Oc2nn(C[C@](O)(c3cc(F)ccc3F)[C@@H](C)c3nc(-c4ccc(C#N)cc4)cs3)c[n+]2C)cc1OC. The van der Waals surface area contributed by atoms with E-state index in [1.165, 1.54) is 54.2 Å². The van der Waals surface area contributed by atoms with Crippen molar-refractivity contribution in [2.45, 2.75) is 31.6 Å². The van der Waals surface area contributed by atoms with Gasteiger partial charge in [0, 0.05) is 34.1 Å². The van der Waals surface area contributed by atoms with Crippen molar-refractivity contribution in [2.24, 2.45) is 7.05 Å². The summed E-state index contributed by atoms with van der Waals surface area (Å²) in [7, 11) is 7.84. The average Bonchev–Trinajstić information content (AvgIpc) is 3.77. The first-order valence-corrected chi connectivity index (χ1v) is 17.2.